The Bertz CT molecular complexity index is 247. The van der Waals surface area contributed by atoms with Crippen LogP contribution in [0.15, 0.2) is 0 Å². The summed E-state index contributed by atoms with van der Waals surface area (Å²) in [7, 11) is 1.30. The van der Waals surface area contributed by atoms with Crippen molar-refractivity contribution in [2.45, 2.75) is 53.0 Å². The summed E-state index contributed by atoms with van der Waals surface area (Å²) in [5.41, 5.74) is -0.359. The first-order valence-electron chi connectivity index (χ1n) is 5.83. The van der Waals surface area contributed by atoms with Gasteiger partial charge in [0.25, 0.3) is 0 Å². The molecule has 0 fully saturated rings. The monoisotopic (exact) mass is 229 g/mol. The minimum Gasteiger partial charge on any atom is -0.453 e. The van der Waals surface area contributed by atoms with Crippen LogP contribution in [-0.4, -0.2) is 25.0 Å². The van der Waals surface area contributed by atoms with Crippen molar-refractivity contribution in [1.82, 2.24) is 5.32 Å². The fourth-order valence-electron chi connectivity index (χ4n) is 1.57. The number of methoxy groups -OCH3 is 1. The number of amides is 1. The molecule has 0 radical (unpaired) electrons. The van der Waals surface area contributed by atoms with Crippen molar-refractivity contribution in [1.29, 1.82) is 0 Å². The lowest BCUT2D eigenvalue weighted by atomic mass is 9.77. The van der Waals surface area contributed by atoms with E-state index in [4.69, 9.17) is 0 Å². The van der Waals surface area contributed by atoms with E-state index >= 15 is 0 Å². The van der Waals surface area contributed by atoms with E-state index in [-0.39, 0.29) is 11.2 Å². The van der Waals surface area contributed by atoms with Crippen molar-refractivity contribution in [2.24, 2.45) is 5.41 Å². The molecule has 4 heteroatoms. The molecule has 0 aromatic rings. The third-order valence-electron chi connectivity index (χ3n) is 3.36. The van der Waals surface area contributed by atoms with Crippen LogP contribution in [0.25, 0.3) is 0 Å². The van der Waals surface area contributed by atoms with Gasteiger partial charge in [-0.1, -0.05) is 27.7 Å². The zero-order valence-corrected chi connectivity index (χ0v) is 10.9. The Hall–Kier alpha value is -1.06. The molecule has 0 spiro atoms. The minimum atomic E-state index is -0.547. The molecule has 1 amide bonds. The van der Waals surface area contributed by atoms with Gasteiger partial charge in [-0.25, -0.2) is 4.79 Å². The summed E-state index contributed by atoms with van der Waals surface area (Å²) in [5, 5.41) is 2.58. The largest absolute Gasteiger partial charge is 0.453 e. The molecule has 0 aromatic carbocycles. The normalized spacial score (nSPS) is 13.1. The van der Waals surface area contributed by atoms with Crippen LogP contribution >= 0.6 is 0 Å². The SMILES string of the molecule is CC[C@@H](NC(=O)OC)C(=O)C(C)(CC)CC. The predicted octanol–water partition coefficient (Wildman–Crippen LogP) is 2.52. The van der Waals surface area contributed by atoms with Gasteiger partial charge in [0.1, 0.15) is 0 Å². The number of carbonyl (C=O) groups excluding carboxylic acids is 2. The maximum atomic E-state index is 12.2. The van der Waals surface area contributed by atoms with E-state index in [2.05, 4.69) is 10.1 Å². The number of Topliss-reactive ketones (excluding diaryl/α,β-unsaturated/α-hetero) is 1. The molecule has 0 saturated heterocycles. The second kappa shape index (κ2) is 6.51. The maximum Gasteiger partial charge on any atom is 0.407 e. The number of hydrogen-bond donors (Lipinski definition) is 1. The average molecular weight is 229 g/mol. The van der Waals surface area contributed by atoms with Crippen LogP contribution in [0.4, 0.5) is 4.79 Å². The molecule has 0 heterocycles. The molecule has 1 atom stereocenters. The highest BCUT2D eigenvalue weighted by atomic mass is 16.5. The number of ether oxygens (including phenoxy) is 1. The molecule has 4 nitrogen and oxygen atoms in total. The Kier molecular flexibility index (Phi) is 6.08. The Morgan fingerprint density at radius 1 is 1.25 bits per heavy atom. The number of ketones is 1. The maximum absolute atomic E-state index is 12.2. The molecule has 0 saturated carbocycles. The predicted molar refractivity (Wildman–Crippen MR) is 63.3 cm³/mol. The van der Waals surface area contributed by atoms with Crippen molar-refractivity contribution in [3.05, 3.63) is 0 Å². The summed E-state index contributed by atoms with van der Waals surface area (Å²) >= 11 is 0. The zero-order valence-electron chi connectivity index (χ0n) is 10.9. The molecule has 0 bridgehead atoms. The van der Waals surface area contributed by atoms with Gasteiger partial charge in [0.05, 0.1) is 13.2 Å². The van der Waals surface area contributed by atoms with E-state index in [1.54, 1.807) is 0 Å². The third-order valence-corrected chi connectivity index (χ3v) is 3.36. The topological polar surface area (TPSA) is 55.4 Å². The fourth-order valence-corrected chi connectivity index (χ4v) is 1.57. The van der Waals surface area contributed by atoms with Crippen LogP contribution in [0.2, 0.25) is 0 Å². The third kappa shape index (κ3) is 3.51. The highest BCUT2D eigenvalue weighted by Gasteiger charge is 2.34. The smallest absolute Gasteiger partial charge is 0.407 e. The zero-order chi connectivity index (χ0) is 12.8. The minimum absolute atomic E-state index is 0.0883. The van der Waals surface area contributed by atoms with Gasteiger partial charge in [0.2, 0.25) is 0 Å². The molecule has 0 aliphatic heterocycles. The van der Waals surface area contributed by atoms with Gasteiger partial charge in [0.15, 0.2) is 5.78 Å². The van der Waals surface area contributed by atoms with Crippen molar-refractivity contribution >= 4 is 11.9 Å². The van der Waals surface area contributed by atoms with Gasteiger partial charge in [-0.2, -0.15) is 0 Å². The van der Waals surface area contributed by atoms with E-state index in [1.165, 1.54) is 7.11 Å². The Balaban J connectivity index is 4.70. The van der Waals surface area contributed by atoms with Crippen molar-refractivity contribution < 1.29 is 14.3 Å². The molecule has 0 aliphatic rings. The molecule has 0 aliphatic carbocycles. The van der Waals surface area contributed by atoms with E-state index in [0.717, 1.165) is 12.8 Å². The Morgan fingerprint density at radius 2 is 1.75 bits per heavy atom. The number of carbonyl (C=O) groups is 2. The molecule has 0 unspecified atom stereocenters. The van der Waals surface area contributed by atoms with Gasteiger partial charge >= 0.3 is 6.09 Å². The van der Waals surface area contributed by atoms with E-state index < -0.39 is 12.1 Å². The first-order chi connectivity index (χ1) is 7.45. The van der Waals surface area contributed by atoms with Crippen LogP contribution in [0, 0.1) is 5.41 Å². The van der Waals surface area contributed by atoms with Gasteiger partial charge in [-0.15, -0.1) is 0 Å². The first kappa shape index (κ1) is 14.9. The number of hydrogen-bond acceptors (Lipinski definition) is 3. The molecule has 94 valence electrons. The van der Waals surface area contributed by atoms with E-state index in [1.807, 2.05) is 27.7 Å². The Morgan fingerprint density at radius 3 is 2.06 bits per heavy atom. The summed E-state index contributed by atoms with van der Waals surface area (Å²) in [4.78, 5) is 23.3. The molecule has 16 heavy (non-hydrogen) atoms. The quantitative estimate of drug-likeness (QED) is 0.761. The van der Waals surface area contributed by atoms with Gasteiger partial charge < -0.3 is 10.1 Å². The Labute approximate surface area is 97.7 Å². The number of rotatable bonds is 6. The van der Waals surface area contributed by atoms with Crippen LogP contribution < -0.4 is 5.32 Å². The van der Waals surface area contributed by atoms with Gasteiger partial charge in [0, 0.05) is 5.41 Å². The fraction of sp³-hybridized carbons (Fsp3) is 0.833. The standard InChI is InChI=1S/C12H23NO3/c1-6-9(13-11(15)16-5)10(14)12(4,7-2)8-3/h9H,6-8H2,1-5H3,(H,13,15)/t9-/m1/s1. The lowest BCUT2D eigenvalue weighted by Crippen LogP contribution is -2.46. The summed E-state index contributed by atoms with van der Waals surface area (Å²) in [6.07, 6.45) is 1.60. The molecular weight excluding hydrogens is 206 g/mol. The summed E-state index contributed by atoms with van der Waals surface area (Å²) < 4.78 is 4.51. The van der Waals surface area contributed by atoms with Crippen LogP contribution in [0.5, 0.6) is 0 Å². The summed E-state index contributed by atoms with van der Waals surface area (Å²) in [5.74, 6) is 0.0883. The number of nitrogens with one attached hydrogen (secondary N) is 1. The van der Waals surface area contributed by atoms with Crippen LogP contribution in [0.3, 0.4) is 0 Å². The van der Waals surface area contributed by atoms with Crippen molar-refractivity contribution in [3.63, 3.8) is 0 Å². The summed E-state index contributed by atoms with van der Waals surface area (Å²) in [6, 6.07) is -0.447. The van der Waals surface area contributed by atoms with Crippen molar-refractivity contribution in [2.75, 3.05) is 7.11 Å². The van der Waals surface area contributed by atoms with Crippen LogP contribution in [0.1, 0.15) is 47.0 Å². The van der Waals surface area contributed by atoms with Gasteiger partial charge in [-0.05, 0) is 19.3 Å². The first-order valence-corrected chi connectivity index (χ1v) is 5.83. The van der Waals surface area contributed by atoms with E-state index in [9.17, 15) is 9.59 Å². The highest BCUT2D eigenvalue weighted by molar-refractivity contribution is 5.91. The second-order valence-electron chi connectivity index (χ2n) is 4.23. The highest BCUT2D eigenvalue weighted by Crippen LogP contribution is 2.28. The van der Waals surface area contributed by atoms with Crippen LogP contribution in [-0.2, 0) is 9.53 Å². The molecular formula is C12H23NO3. The van der Waals surface area contributed by atoms with E-state index in [0.29, 0.717) is 6.42 Å². The number of alkyl carbamates (subject to hydrolysis) is 1. The lowest BCUT2D eigenvalue weighted by Gasteiger charge is -2.29. The molecule has 1 N–H and O–H groups in total. The second-order valence-corrected chi connectivity index (χ2v) is 4.23. The van der Waals surface area contributed by atoms with Crippen molar-refractivity contribution in [3.8, 4) is 0 Å². The average Bonchev–Trinajstić information content (AvgIpc) is 2.33. The van der Waals surface area contributed by atoms with Gasteiger partial charge in [-0.3, -0.25) is 4.79 Å². The lowest BCUT2D eigenvalue weighted by molar-refractivity contribution is -0.130. The molecule has 0 rings (SSSR count). The summed E-state index contributed by atoms with van der Waals surface area (Å²) in [6.45, 7) is 7.81. The molecule has 0 aromatic heterocycles.